The lowest BCUT2D eigenvalue weighted by molar-refractivity contribution is -0.117. The van der Waals surface area contributed by atoms with Crippen LogP contribution in [0.25, 0.3) is 22.0 Å². The van der Waals surface area contributed by atoms with Crippen molar-refractivity contribution in [3.8, 4) is 22.9 Å². The third kappa shape index (κ3) is 5.67. The first-order valence-corrected chi connectivity index (χ1v) is 14.0. The quantitative estimate of drug-likeness (QED) is 0.244. The molecule has 1 saturated heterocycles. The fraction of sp³-hybridized carbons (Fsp3) is 0.323. The van der Waals surface area contributed by atoms with Gasteiger partial charge >= 0.3 is 6.09 Å². The molecular weight excluding hydrogens is 539 g/mol. The van der Waals surface area contributed by atoms with E-state index >= 15 is 0 Å². The number of hydrogen-bond donors (Lipinski definition) is 3. The Morgan fingerprint density at radius 3 is 2.64 bits per heavy atom. The van der Waals surface area contributed by atoms with Gasteiger partial charge in [-0.15, -0.1) is 0 Å². The van der Waals surface area contributed by atoms with Crippen molar-refractivity contribution in [2.45, 2.75) is 39.2 Å². The summed E-state index contributed by atoms with van der Waals surface area (Å²) >= 11 is 0. The Hall–Kier alpha value is -4.80. The van der Waals surface area contributed by atoms with Crippen LogP contribution >= 0.6 is 0 Å². The van der Waals surface area contributed by atoms with E-state index in [9.17, 15) is 19.1 Å². The van der Waals surface area contributed by atoms with E-state index in [-0.39, 0.29) is 29.5 Å². The Labute approximate surface area is 242 Å². The SMILES string of the molecule is Cc1ccc2c(NC(=O)C3CC3)c(F)ccc2c1Oc1ncccc1-c1ccnc(NC2CC(C)CN(C(=O)O)C2)n1. The van der Waals surface area contributed by atoms with Gasteiger partial charge in [0.15, 0.2) is 0 Å². The van der Waals surface area contributed by atoms with Crippen molar-refractivity contribution in [2.75, 3.05) is 23.7 Å². The molecule has 3 heterocycles. The number of piperidine rings is 1. The van der Waals surface area contributed by atoms with Crippen LogP contribution in [0.2, 0.25) is 0 Å². The Bertz CT molecular complexity index is 1680. The molecular formula is C31H31FN6O4. The highest BCUT2D eigenvalue weighted by Crippen LogP contribution is 2.40. The second-order valence-electron chi connectivity index (χ2n) is 11.1. The number of benzene rings is 2. The largest absolute Gasteiger partial charge is 0.465 e. The molecule has 0 spiro atoms. The van der Waals surface area contributed by atoms with Gasteiger partial charge in [0.25, 0.3) is 0 Å². The second kappa shape index (κ2) is 11.2. The topological polar surface area (TPSA) is 130 Å². The van der Waals surface area contributed by atoms with Crippen molar-refractivity contribution in [1.82, 2.24) is 19.9 Å². The molecule has 11 heteroatoms. The van der Waals surface area contributed by atoms with E-state index in [4.69, 9.17) is 9.72 Å². The summed E-state index contributed by atoms with van der Waals surface area (Å²) in [6.45, 7) is 4.76. The van der Waals surface area contributed by atoms with Crippen LogP contribution in [0.15, 0.2) is 54.9 Å². The number of carbonyl (C=O) groups is 2. The summed E-state index contributed by atoms with van der Waals surface area (Å²) in [7, 11) is 0. The lowest BCUT2D eigenvalue weighted by Crippen LogP contribution is -2.47. The molecule has 2 aromatic heterocycles. The zero-order chi connectivity index (χ0) is 29.4. The van der Waals surface area contributed by atoms with Crippen molar-refractivity contribution in [2.24, 2.45) is 11.8 Å². The number of carboxylic acid groups (broad SMARTS) is 1. The van der Waals surface area contributed by atoms with Gasteiger partial charge in [0.2, 0.25) is 17.7 Å². The summed E-state index contributed by atoms with van der Waals surface area (Å²) in [5.41, 5.74) is 2.13. The summed E-state index contributed by atoms with van der Waals surface area (Å²) in [4.78, 5) is 39.0. The van der Waals surface area contributed by atoms with Crippen LogP contribution < -0.4 is 15.4 Å². The summed E-state index contributed by atoms with van der Waals surface area (Å²) in [5.74, 6) is 0.614. The van der Waals surface area contributed by atoms with Gasteiger partial charge in [0, 0.05) is 48.2 Å². The number of nitrogens with zero attached hydrogens (tertiary/aromatic N) is 4. The maximum absolute atomic E-state index is 14.9. The molecule has 2 atom stereocenters. The van der Waals surface area contributed by atoms with Crippen LogP contribution in [0.5, 0.6) is 11.6 Å². The van der Waals surface area contributed by atoms with E-state index in [1.807, 2.05) is 26.0 Å². The average molecular weight is 571 g/mol. The van der Waals surface area contributed by atoms with E-state index in [1.165, 1.54) is 11.0 Å². The maximum atomic E-state index is 14.9. The number of likely N-dealkylation sites (tertiary alicyclic amines) is 1. The lowest BCUT2D eigenvalue weighted by Gasteiger charge is -2.35. The number of rotatable bonds is 7. The molecule has 10 nitrogen and oxygen atoms in total. The first-order chi connectivity index (χ1) is 20.3. The number of amides is 2. The van der Waals surface area contributed by atoms with E-state index in [0.717, 1.165) is 24.8 Å². The molecule has 4 aromatic rings. The van der Waals surface area contributed by atoms with Gasteiger partial charge in [-0.3, -0.25) is 4.79 Å². The van der Waals surface area contributed by atoms with Gasteiger partial charge in [-0.2, -0.15) is 0 Å². The third-order valence-electron chi connectivity index (χ3n) is 7.66. The minimum atomic E-state index is -0.941. The fourth-order valence-electron chi connectivity index (χ4n) is 5.43. The number of pyridine rings is 1. The lowest BCUT2D eigenvalue weighted by atomic mass is 9.96. The monoisotopic (exact) mass is 570 g/mol. The number of nitrogens with one attached hydrogen (secondary N) is 2. The fourth-order valence-corrected chi connectivity index (χ4v) is 5.43. The zero-order valence-corrected chi connectivity index (χ0v) is 23.3. The predicted molar refractivity (Wildman–Crippen MR) is 156 cm³/mol. The summed E-state index contributed by atoms with van der Waals surface area (Å²) < 4.78 is 21.3. The number of anilines is 2. The van der Waals surface area contributed by atoms with E-state index in [2.05, 4.69) is 20.6 Å². The first-order valence-electron chi connectivity index (χ1n) is 14.0. The average Bonchev–Trinajstić information content (AvgIpc) is 3.82. The van der Waals surface area contributed by atoms with E-state index < -0.39 is 11.9 Å². The normalized spacial score (nSPS) is 18.5. The van der Waals surface area contributed by atoms with Crippen LogP contribution in [0.3, 0.4) is 0 Å². The summed E-state index contributed by atoms with van der Waals surface area (Å²) in [5, 5.41) is 16.7. The maximum Gasteiger partial charge on any atom is 0.407 e. The molecule has 2 aromatic carbocycles. The van der Waals surface area contributed by atoms with Crippen molar-refractivity contribution in [3.63, 3.8) is 0 Å². The molecule has 1 aliphatic heterocycles. The molecule has 1 saturated carbocycles. The number of carbonyl (C=O) groups excluding carboxylic acids is 1. The highest BCUT2D eigenvalue weighted by Gasteiger charge is 2.31. The van der Waals surface area contributed by atoms with Gasteiger partial charge in [0.05, 0.1) is 16.9 Å². The molecule has 2 fully saturated rings. The van der Waals surface area contributed by atoms with Gasteiger partial charge in [-0.25, -0.2) is 24.1 Å². The third-order valence-corrected chi connectivity index (χ3v) is 7.66. The van der Waals surface area contributed by atoms with Crippen LogP contribution in [-0.2, 0) is 4.79 Å². The zero-order valence-electron chi connectivity index (χ0n) is 23.3. The highest BCUT2D eigenvalue weighted by atomic mass is 19.1. The number of aryl methyl sites for hydroxylation is 1. The highest BCUT2D eigenvalue weighted by molar-refractivity contribution is 6.05. The Kier molecular flexibility index (Phi) is 7.32. The number of ether oxygens (including phenoxy) is 1. The molecule has 1 aliphatic carbocycles. The van der Waals surface area contributed by atoms with Gasteiger partial charge in [0.1, 0.15) is 11.6 Å². The molecule has 2 unspecified atom stereocenters. The van der Waals surface area contributed by atoms with Crippen LogP contribution in [0.1, 0.15) is 31.7 Å². The Morgan fingerprint density at radius 2 is 1.86 bits per heavy atom. The van der Waals surface area contributed by atoms with Crippen molar-refractivity contribution in [3.05, 3.63) is 66.2 Å². The van der Waals surface area contributed by atoms with Crippen molar-refractivity contribution < 1.29 is 23.8 Å². The Morgan fingerprint density at radius 1 is 1.05 bits per heavy atom. The van der Waals surface area contributed by atoms with E-state index in [1.54, 1.807) is 36.7 Å². The minimum Gasteiger partial charge on any atom is -0.465 e. The van der Waals surface area contributed by atoms with Crippen LogP contribution in [-0.4, -0.2) is 56.1 Å². The molecule has 2 amide bonds. The van der Waals surface area contributed by atoms with Gasteiger partial charge < -0.3 is 25.4 Å². The van der Waals surface area contributed by atoms with Gasteiger partial charge in [-0.05, 0) is 68.0 Å². The molecule has 6 rings (SSSR count). The molecule has 0 radical (unpaired) electrons. The van der Waals surface area contributed by atoms with Gasteiger partial charge in [-0.1, -0.05) is 19.1 Å². The standard InChI is InChI=1S/C31H31FN6O4/c1-17-14-20(16-38(15-17)31(40)41)35-30-34-13-11-25(36-30)23-4-3-12-33-29(23)42-27-18(2)5-8-21-22(27)9-10-24(32)26(21)37-28(39)19-6-7-19/h3-5,8-13,17,19-20H,6-7,14-16H2,1-2H3,(H,37,39)(H,40,41)(H,34,35,36). The first kappa shape index (κ1) is 27.4. The van der Waals surface area contributed by atoms with E-state index in [0.29, 0.717) is 52.7 Å². The molecule has 42 heavy (non-hydrogen) atoms. The number of halogens is 1. The summed E-state index contributed by atoms with van der Waals surface area (Å²) in [6, 6.07) is 11.8. The van der Waals surface area contributed by atoms with Crippen molar-refractivity contribution in [1.29, 1.82) is 0 Å². The smallest absolute Gasteiger partial charge is 0.407 e. The summed E-state index contributed by atoms with van der Waals surface area (Å²) in [6.07, 6.45) is 4.73. The number of hydrogen-bond acceptors (Lipinski definition) is 7. The molecule has 0 bridgehead atoms. The minimum absolute atomic E-state index is 0.0678. The molecule has 2 aliphatic rings. The van der Waals surface area contributed by atoms with Crippen molar-refractivity contribution >= 4 is 34.4 Å². The number of fused-ring (bicyclic) bond motifs is 1. The number of aromatic nitrogens is 3. The predicted octanol–water partition coefficient (Wildman–Crippen LogP) is 6.08. The molecule has 3 N–H and O–H groups in total. The second-order valence-corrected chi connectivity index (χ2v) is 11.1. The molecule has 216 valence electrons. The Balaban J connectivity index is 1.30. The van der Waals surface area contributed by atoms with Crippen LogP contribution in [0.4, 0.5) is 20.8 Å². The van der Waals surface area contributed by atoms with Crippen LogP contribution in [0, 0.1) is 24.6 Å².